The summed E-state index contributed by atoms with van der Waals surface area (Å²) in [4.78, 5) is 16.4. The molecule has 0 aliphatic heterocycles. The van der Waals surface area contributed by atoms with E-state index in [4.69, 9.17) is 11.2 Å². The number of amides is 1. The molecule has 160 valence electrons. The lowest BCUT2D eigenvalue weighted by Gasteiger charge is -2.23. The highest BCUT2D eigenvalue weighted by Crippen LogP contribution is 2.26. The number of halogens is 1. The van der Waals surface area contributed by atoms with Crippen molar-refractivity contribution in [1.82, 2.24) is 10.3 Å². The summed E-state index contributed by atoms with van der Waals surface area (Å²) < 4.78 is 42.7. The fourth-order valence-electron chi connectivity index (χ4n) is 2.57. The third-order valence-electron chi connectivity index (χ3n) is 4.18. The van der Waals surface area contributed by atoms with Gasteiger partial charge in [-0.25, -0.2) is 4.39 Å². The van der Waals surface area contributed by atoms with Crippen LogP contribution in [0.4, 0.5) is 10.1 Å². The van der Waals surface area contributed by atoms with Gasteiger partial charge in [-0.1, -0.05) is 26.7 Å². The standard InChI is InChI=1S/C21H24FN3O4S/c1-6-15-9-14(10-17(22)20(15)25(5)30(27)28)11-24-19(26)13-29-16-7-8-18(23-12-16)21(2,3)4/h1,7-10,12H,11,13H2,2-5H3,(H,24,26)(H,27,28)/p-1. The topological polar surface area (TPSA) is 94.6 Å². The van der Waals surface area contributed by atoms with Crippen LogP contribution in [0.2, 0.25) is 0 Å². The number of hydrogen-bond donors (Lipinski definition) is 1. The molecule has 1 amide bonds. The number of ether oxygens (including phenoxy) is 1. The first-order chi connectivity index (χ1) is 14.0. The van der Waals surface area contributed by atoms with Crippen molar-refractivity contribution in [2.45, 2.75) is 32.7 Å². The normalized spacial score (nSPS) is 12.0. The van der Waals surface area contributed by atoms with Gasteiger partial charge in [0, 0.05) is 36.0 Å². The number of anilines is 1. The number of hydrogen-bond acceptors (Lipinski definition) is 5. The first-order valence-corrected chi connectivity index (χ1v) is 10.0. The van der Waals surface area contributed by atoms with Gasteiger partial charge in [0.15, 0.2) is 6.61 Å². The summed E-state index contributed by atoms with van der Waals surface area (Å²) in [6.07, 6.45) is 6.93. The van der Waals surface area contributed by atoms with E-state index in [-0.39, 0.29) is 29.8 Å². The van der Waals surface area contributed by atoms with Crippen LogP contribution in [0.1, 0.15) is 37.6 Å². The number of nitrogens with one attached hydrogen (secondary N) is 1. The minimum atomic E-state index is -2.67. The van der Waals surface area contributed by atoms with Crippen LogP contribution in [0.25, 0.3) is 0 Å². The minimum Gasteiger partial charge on any atom is -0.755 e. The zero-order valence-corrected chi connectivity index (χ0v) is 18.0. The number of carbonyl (C=O) groups excluding carboxylic acids is 1. The maximum atomic E-state index is 14.4. The molecule has 1 unspecified atom stereocenters. The number of pyridine rings is 1. The number of carbonyl (C=O) groups is 1. The molecule has 0 aliphatic carbocycles. The van der Waals surface area contributed by atoms with Gasteiger partial charge in [0.05, 0.1) is 17.4 Å². The van der Waals surface area contributed by atoms with Gasteiger partial charge in [0.25, 0.3) is 5.91 Å². The highest BCUT2D eigenvalue weighted by molar-refractivity contribution is 7.80. The molecule has 1 heterocycles. The Balaban J connectivity index is 1.97. The van der Waals surface area contributed by atoms with Crippen LogP contribution in [-0.4, -0.2) is 33.3 Å². The van der Waals surface area contributed by atoms with Crippen LogP contribution < -0.4 is 14.4 Å². The molecule has 0 aliphatic rings. The van der Waals surface area contributed by atoms with E-state index in [1.54, 1.807) is 12.3 Å². The number of benzene rings is 1. The summed E-state index contributed by atoms with van der Waals surface area (Å²) in [5, 5.41) is 2.60. The highest BCUT2D eigenvalue weighted by atomic mass is 32.2. The fraction of sp³-hybridized carbons (Fsp3) is 0.333. The third-order valence-corrected chi connectivity index (χ3v) is 4.81. The third kappa shape index (κ3) is 6.02. The molecule has 2 rings (SSSR count). The van der Waals surface area contributed by atoms with Crippen LogP contribution >= 0.6 is 0 Å². The molecular formula is C21H23FN3O4S-. The average Bonchev–Trinajstić information content (AvgIpc) is 2.69. The number of terminal acetylenes is 1. The van der Waals surface area contributed by atoms with Crippen LogP contribution in [0, 0.1) is 18.2 Å². The lowest BCUT2D eigenvalue weighted by Crippen LogP contribution is -2.28. The van der Waals surface area contributed by atoms with Crippen LogP contribution in [-0.2, 0) is 28.0 Å². The van der Waals surface area contributed by atoms with E-state index in [1.165, 1.54) is 13.1 Å². The summed E-state index contributed by atoms with van der Waals surface area (Å²) in [5.41, 5.74) is 1.04. The Morgan fingerprint density at radius 2 is 2.10 bits per heavy atom. The SMILES string of the molecule is C#Cc1cc(CNC(=O)COc2ccc(C(C)(C)C)nc2)cc(F)c1N(C)S(=O)[O-]. The minimum absolute atomic E-state index is 0.000532. The molecule has 9 heteroatoms. The highest BCUT2D eigenvalue weighted by Gasteiger charge is 2.16. The largest absolute Gasteiger partial charge is 0.755 e. The van der Waals surface area contributed by atoms with Crippen molar-refractivity contribution < 1.29 is 22.7 Å². The zero-order valence-electron chi connectivity index (χ0n) is 17.2. The molecule has 2 aromatic rings. The van der Waals surface area contributed by atoms with Gasteiger partial charge in [-0.15, -0.1) is 6.42 Å². The van der Waals surface area contributed by atoms with Gasteiger partial charge < -0.3 is 18.9 Å². The Hall–Kier alpha value is -2.96. The smallest absolute Gasteiger partial charge is 0.258 e. The molecule has 1 atom stereocenters. The van der Waals surface area contributed by atoms with E-state index in [2.05, 4.69) is 16.2 Å². The molecule has 0 spiro atoms. The van der Waals surface area contributed by atoms with E-state index in [1.807, 2.05) is 26.8 Å². The van der Waals surface area contributed by atoms with Gasteiger partial charge >= 0.3 is 0 Å². The lowest BCUT2D eigenvalue weighted by molar-refractivity contribution is -0.123. The summed E-state index contributed by atoms with van der Waals surface area (Å²) in [7, 11) is 1.18. The molecule has 30 heavy (non-hydrogen) atoms. The van der Waals surface area contributed by atoms with Crippen LogP contribution in [0.15, 0.2) is 30.5 Å². The Kier molecular flexibility index (Phi) is 7.54. The van der Waals surface area contributed by atoms with Crippen LogP contribution in [0.5, 0.6) is 5.75 Å². The van der Waals surface area contributed by atoms with Gasteiger partial charge in [-0.05, 0) is 29.8 Å². The molecular weight excluding hydrogens is 409 g/mol. The monoisotopic (exact) mass is 432 g/mol. The van der Waals surface area contributed by atoms with Crippen molar-refractivity contribution in [1.29, 1.82) is 0 Å². The predicted octanol–water partition coefficient (Wildman–Crippen LogP) is 2.43. The second-order valence-corrected chi connectivity index (χ2v) is 8.51. The average molecular weight is 432 g/mol. The van der Waals surface area contributed by atoms with E-state index in [0.717, 1.165) is 11.8 Å². The fourth-order valence-corrected chi connectivity index (χ4v) is 2.91. The summed E-state index contributed by atoms with van der Waals surface area (Å²) >= 11 is -2.67. The molecule has 0 saturated carbocycles. The van der Waals surface area contributed by atoms with Gasteiger partial charge in [0.2, 0.25) is 0 Å². The summed E-state index contributed by atoms with van der Waals surface area (Å²) in [6.45, 7) is 5.89. The van der Waals surface area contributed by atoms with Crippen molar-refractivity contribution in [3.8, 4) is 18.1 Å². The number of nitrogens with zero attached hydrogens (tertiary/aromatic N) is 2. The van der Waals surface area contributed by atoms with Gasteiger partial charge in [-0.3, -0.25) is 14.0 Å². The van der Waals surface area contributed by atoms with Crippen molar-refractivity contribution in [3.05, 3.63) is 53.1 Å². The van der Waals surface area contributed by atoms with Crippen molar-refractivity contribution in [3.63, 3.8) is 0 Å². The maximum Gasteiger partial charge on any atom is 0.258 e. The van der Waals surface area contributed by atoms with Gasteiger partial charge in [-0.2, -0.15) is 0 Å². The van der Waals surface area contributed by atoms with E-state index in [0.29, 0.717) is 15.6 Å². The van der Waals surface area contributed by atoms with Crippen molar-refractivity contribution >= 4 is 22.9 Å². The molecule has 0 fully saturated rings. The van der Waals surface area contributed by atoms with Crippen molar-refractivity contribution in [2.24, 2.45) is 0 Å². The summed E-state index contributed by atoms with van der Waals surface area (Å²) in [5.74, 6) is 1.50. The first-order valence-electron chi connectivity index (χ1n) is 9.01. The zero-order chi connectivity index (χ0) is 22.5. The van der Waals surface area contributed by atoms with Crippen LogP contribution in [0.3, 0.4) is 0 Å². The molecule has 0 radical (unpaired) electrons. The lowest BCUT2D eigenvalue weighted by atomic mass is 9.92. The number of aromatic nitrogens is 1. The number of rotatable bonds is 7. The Labute approximate surface area is 178 Å². The van der Waals surface area contributed by atoms with Crippen molar-refractivity contribution in [2.75, 3.05) is 18.0 Å². The second kappa shape index (κ2) is 9.69. The van der Waals surface area contributed by atoms with Gasteiger partial charge in [0.1, 0.15) is 11.6 Å². The Morgan fingerprint density at radius 3 is 2.63 bits per heavy atom. The van der Waals surface area contributed by atoms with E-state index in [9.17, 15) is 17.9 Å². The molecule has 1 aromatic heterocycles. The molecule has 0 bridgehead atoms. The molecule has 0 saturated heterocycles. The Bertz CT molecular complexity index is 981. The summed E-state index contributed by atoms with van der Waals surface area (Å²) in [6, 6.07) is 6.14. The molecule has 7 nitrogen and oxygen atoms in total. The van der Waals surface area contributed by atoms with E-state index < -0.39 is 23.0 Å². The Morgan fingerprint density at radius 1 is 1.40 bits per heavy atom. The quantitative estimate of drug-likeness (QED) is 0.536. The second-order valence-electron chi connectivity index (χ2n) is 7.53. The predicted molar refractivity (Wildman–Crippen MR) is 112 cm³/mol. The van der Waals surface area contributed by atoms with E-state index >= 15 is 0 Å². The molecule has 1 N–H and O–H groups in total. The molecule has 1 aromatic carbocycles. The maximum absolute atomic E-state index is 14.4. The first kappa shape index (κ1) is 23.3.